The Kier molecular flexibility index (Phi) is 5.41. The van der Waals surface area contributed by atoms with E-state index < -0.39 is 0 Å². The maximum Gasteiger partial charge on any atom is 0.262 e. The predicted molar refractivity (Wildman–Crippen MR) is 105 cm³/mol. The molecule has 3 aromatic rings. The molecule has 0 aliphatic heterocycles. The lowest BCUT2D eigenvalue weighted by atomic mass is 9.96. The first-order valence-electron chi connectivity index (χ1n) is 8.78. The number of amides is 1. The Morgan fingerprint density at radius 3 is 2.56 bits per heavy atom. The van der Waals surface area contributed by atoms with Crippen molar-refractivity contribution in [3.05, 3.63) is 62.8 Å². The highest BCUT2D eigenvalue weighted by Crippen LogP contribution is 2.25. The van der Waals surface area contributed by atoms with Gasteiger partial charge in [0.25, 0.3) is 5.56 Å². The molecule has 1 atom stereocenters. The van der Waals surface area contributed by atoms with Crippen molar-refractivity contribution in [3.8, 4) is 0 Å². The number of hydrogen-bond acceptors (Lipinski definition) is 4. The molecule has 1 N–H and O–H groups in total. The number of halogens is 1. The molecule has 0 spiro atoms. The van der Waals surface area contributed by atoms with E-state index in [1.807, 2.05) is 27.7 Å². The zero-order valence-electron chi connectivity index (χ0n) is 15.7. The number of carbonyl (C=O) groups is 1. The van der Waals surface area contributed by atoms with Crippen LogP contribution in [0.25, 0.3) is 10.2 Å². The molecule has 1 amide bonds. The first-order chi connectivity index (χ1) is 12.8. The molecule has 142 valence electrons. The van der Waals surface area contributed by atoms with Crippen LogP contribution in [0.1, 0.15) is 35.9 Å². The highest BCUT2D eigenvalue weighted by atomic mass is 32.1. The molecule has 0 bridgehead atoms. The van der Waals surface area contributed by atoms with Crippen molar-refractivity contribution < 1.29 is 9.18 Å². The SMILES string of the molecule is Cc1sc2ncn(CC(=O)NC(c3ccc(F)cc3)C(C)C)c(=O)c2c1C. The fourth-order valence-electron chi connectivity index (χ4n) is 3.06. The van der Waals surface area contributed by atoms with Gasteiger partial charge in [0.1, 0.15) is 17.2 Å². The molecular formula is C20H22FN3O2S. The number of benzene rings is 1. The van der Waals surface area contributed by atoms with Gasteiger partial charge >= 0.3 is 0 Å². The van der Waals surface area contributed by atoms with Crippen LogP contribution in [0, 0.1) is 25.6 Å². The molecule has 0 aliphatic rings. The van der Waals surface area contributed by atoms with Crippen LogP contribution in [-0.2, 0) is 11.3 Å². The van der Waals surface area contributed by atoms with Crippen molar-refractivity contribution in [2.75, 3.05) is 0 Å². The fraction of sp³-hybridized carbons (Fsp3) is 0.350. The van der Waals surface area contributed by atoms with Crippen LogP contribution < -0.4 is 10.9 Å². The zero-order valence-corrected chi connectivity index (χ0v) is 16.6. The van der Waals surface area contributed by atoms with E-state index in [4.69, 9.17) is 0 Å². The van der Waals surface area contributed by atoms with Crippen molar-refractivity contribution in [2.24, 2.45) is 5.92 Å². The van der Waals surface area contributed by atoms with Gasteiger partial charge in [-0.2, -0.15) is 0 Å². The summed E-state index contributed by atoms with van der Waals surface area (Å²) in [7, 11) is 0. The van der Waals surface area contributed by atoms with Gasteiger partial charge in [0.15, 0.2) is 0 Å². The van der Waals surface area contributed by atoms with Gasteiger partial charge in [0.05, 0.1) is 17.8 Å². The van der Waals surface area contributed by atoms with Crippen LogP contribution in [0.15, 0.2) is 35.4 Å². The standard InChI is InChI=1S/C20H22FN3O2S/c1-11(2)18(14-5-7-15(21)8-6-14)23-16(25)9-24-10-22-19-17(20(24)26)12(3)13(4)27-19/h5-8,10-11,18H,9H2,1-4H3,(H,23,25). The number of fused-ring (bicyclic) bond motifs is 1. The first-order valence-corrected chi connectivity index (χ1v) is 9.59. The van der Waals surface area contributed by atoms with E-state index in [-0.39, 0.29) is 35.8 Å². The largest absolute Gasteiger partial charge is 0.347 e. The van der Waals surface area contributed by atoms with Crippen molar-refractivity contribution in [3.63, 3.8) is 0 Å². The van der Waals surface area contributed by atoms with E-state index >= 15 is 0 Å². The molecule has 2 aromatic heterocycles. The van der Waals surface area contributed by atoms with Crippen molar-refractivity contribution in [2.45, 2.75) is 40.3 Å². The summed E-state index contributed by atoms with van der Waals surface area (Å²) in [4.78, 5) is 31.4. The van der Waals surface area contributed by atoms with Crippen LogP contribution in [0.4, 0.5) is 4.39 Å². The highest BCUT2D eigenvalue weighted by molar-refractivity contribution is 7.18. The summed E-state index contributed by atoms with van der Waals surface area (Å²) in [5, 5.41) is 3.53. The van der Waals surface area contributed by atoms with Crippen molar-refractivity contribution in [1.82, 2.24) is 14.9 Å². The Labute approximate surface area is 160 Å². The molecule has 0 aliphatic carbocycles. The summed E-state index contributed by atoms with van der Waals surface area (Å²) in [6, 6.07) is 5.81. The maximum atomic E-state index is 13.2. The number of aromatic nitrogens is 2. The van der Waals surface area contributed by atoms with Gasteiger partial charge in [0.2, 0.25) is 5.91 Å². The minimum absolute atomic E-state index is 0.110. The average molecular weight is 387 g/mol. The lowest BCUT2D eigenvalue weighted by Gasteiger charge is -2.23. The third-order valence-electron chi connectivity index (χ3n) is 4.68. The van der Waals surface area contributed by atoms with Gasteiger partial charge in [-0.05, 0) is 43.0 Å². The van der Waals surface area contributed by atoms with E-state index in [0.717, 1.165) is 16.0 Å². The second kappa shape index (κ2) is 7.60. The fourth-order valence-corrected chi connectivity index (χ4v) is 4.05. The second-order valence-electron chi connectivity index (χ2n) is 6.98. The highest BCUT2D eigenvalue weighted by Gasteiger charge is 2.20. The van der Waals surface area contributed by atoms with Crippen LogP contribution in [-0.4, -0.2) is 15.5 Å². The summed E-state index contributed by atoms with van der Waals surface area (Å²) >= 11 is 1.48. The van der Waals surface area contributed by atoms with Gasteiger partial charge in [-0.25, -0.2) is 9.37 Å². The molecule has 7 heteroatoms. The molecule has 5 nitrogen and oxygen atoms in total. The number of thiophene rings is 1. The Morgan fingerprint density at radius 1 is 1.26 bits per heavy atom. The molecule has 0 saturated carbocycles. The molecule has 0 saturated heterocycles. The number of nitrogens with zero attached hydrogens (tertiary/aromatic N) is 2. The maximum absolute atomic E-state index is 13.2. The minimum atomic E-state index is -0.320. The monoisotopic (exact) mass is 387 g/mol. The van der Waals surface area contributed by atoms with E-state index in [1.165, 1.54) is 34.4 Å². The lowest BCUT2D eigenvalue weighted by molar-refractivity contribution is -0.122. The molecule has 27 heavy (non-hydrogen) atoms. The first kappa shape index (κ1) is 19.2. The molecule has 1 aromatic carbocycles. The summed E-state index contributed by atoms with van der Waals surface area (Å²) in [5.41, 5.74) is 1.53. The summed E-state index contributed by atoms with van der Waals surface area (Å²) in [6.45, 7) is 7.69. The number of rotatable bonds is 5. The minimum Gasteiger partial charge on any atom is -0.347 e. The van der Waals surface area contributed by atoms with E-state index in [1.54, 1.807) is 12.1 Å². The average Bonchev–Trinajstić information content (AvgIpc) is 2.91. The third kappa shape index (κ3) is 3.93. The molecule has 3 rings (SSSR count). The summed E-state index contributed by atoms with van der Waals surface area (Å²) in [5.74, 6) is -0.496. The van der Waals surface area contributed by atoms with Crippen molar-refractivity contribution >= 4 is 27.5 Å². The number of nitrogens with one attached hydrogen (secondary N) is 1. The Balaban J connectivity index is 1.83. The zero-order chi connectivity index (χ0) is 19.7. The molecule has 0 radical (unpaired) electrons. The van der Waals surface area contributed by atoms with Gasteiger partial charge in [-0.1, -0.05) is 26.0 Å². The third-order valence-corrected chi connectivity index (χ3v) is 5.80. The molecule has 1 unspecified atom stereocenters. The van der Waals surface area contributed by atoms with Crippen LogP contribution in [0.3, 0.4) is 0 Å². The number of hydrogen-bond donors (Lipinski definition) is 1. The van der Waals surface area contributed by atoms with E-state index in [0.29, 0.717) is 10.2 Å². The van der Waals surface area contributed by atoms with Crippen LogP contribution in [0.5, 0.6) is 0 Å². The van der Waals surface area contributed by atoms with Crippen molar-refractivity contribution in [1.29, 1.82) is 0 Å². The Morgan fingerprint density at radius 2 is 1.93 bits per heavy atom. The second-order valence-corrected chi connectivity index (χ2v) is 8.18. The van der Waals surface area contributed by atoms with Gasteiger partial charge in [-0.3, -0.25) is 14.2 Å². The van der Waals surface area contributed by atoms with E-state index in [9.17, 15) is 14.0 Å². The Bertz CT molecular complexity index is 1040. The number of aryl methyl sites for hydroxylation is 2. The number of carbonyl (C=O) groups excluding carboxylic acids is 1. The normalized spacial score (nSPS) is 12.5. The molecular weight excluding hydrogens is 365 g/mol. The molecule has 2 heterocycles. The van der Waals surface area contributed by atoms with E-state index in [2.05, 4.69) is 10.3 Å². The summed E-state index contributed by atoms with van der Waals surface area (Å²) in [6.07, 6.45) is 1.42. The topological polar surface area (TPSA) is 64.0 Å². The Hall–Kier alpha value is -2.54. The smallest absolute Gasteiger partial charge is 0.262 e. The summed E-state index contributed by atoms with van der Waals surface area (Å²) < 4.78 is 14.5. The van der Waals surface area contributed by atoms with Gasteiger partial charge in [0, 0.05) is 4.88 Å². The van der Waals surface area contributed by atoms with Gasteiger partial charge in [-0.15, -0.1) is 11.3 Å². The lowest BCUT2D eigenvalue weighted by Crippen LogP contribution is -2.36. The predicted octanol–water partition coefficient (Wildman–Crippen LogP) is 3.73. The van der Waals surface area contributed by atoms with Crippen LogP contribution in [0.2, 0.25) is 0 Å². The van der Waals surface area contributed by atoms with Crippen LogP contribution >= 0.6 is 11.3 Å². The quantitative estimate of drug-likeness (QED) is 0.726. The molecule has 0 fully saturated rings. The van der Waals surface area contributed by atoms with Gasteiger partial charge < -0.3 is 5.32 Å².